The zero-order chi connectivity index (χ0) is 16.6. The molecule has 1 fully saturated rings. The van der Waals surface area contributed by atoms with E-state index >= 15 is 0 Å². The molecular weight excluding hydrogens is 334 g/mol. The largest absolute Gasteiger partial charge is 0.339 e. The topological polar surface area (TPSA) is 62.3 Å². The lowest BCUT2D eigenvalue weighted by molar-refractivity contribution is -0.118. The fourth-order valence-electron chi connectivity index (χ4n) is 2.69. The number of carbonyl (C=O) groups is 2. The Balaban J connectivity index is 1.74. The molecule has 0 saturated carbocycles. The van der Waals surface area contributed by atoms with E-state index in [1.165, 1.54) is 11.3 Å². The molecule has 1 saturated heterocycles. The summed E-state index contributed by atoms with van der Waals surface area (Å²) in [5, 5.41) is 4.18. The van der Waals surface area contributed by atoms with E-state index in [2.05, 4.69) is 10.3 Å². The van der Waals surface area contributed by atoms with Crippen molar-refractivity contribution in [1.29, 1.82) is 0 Å². The van der Waals surface area contributed by atoms with E-state index in [9.17, 15) is 9.59 Å². The molecule has 5 nitrogen and oxygen atoms in total. The van der Waals surface area contributed by atoms with Crippen LogP contribution in [-0.4, -0.2) is 29.4 Å². The summed E-state index contributed by atoms with van der Waals surface area (Å²) in [4.78, 5) is 31.3. The Labute approximate surface area is 143 Å². The van der Waals surface area contributed by atoms with E-state index in [0.717, 1.165) is 5.01 Å². The molecule has 2 aromatic rings. The van der Waals surface area contributed by atoms with Gasteiger partial charge in [0.1, 0.15) is 10.9 Å². The van der Waals surface area contributed by atoms with Crippen molar-refractivity contribution in [2.75, 3.05) is 11.4 Å². The van der Waals surface area contributed by atoms with E-state index in [1.54, 1.807) is 24.0 Å². The van der Waals surface area contributed by atoms with Gasteiger partial charge < -0.3 is 10.2 Å². The lowest BCUT2D eigenvalue weighted by Gasteiger charge is -2.18. The maximum absolute atomic E-state index is 12.6. The van der Waals surface area contributed by atoms with E-state index in [-0.39, 0.29) is 11.8 Å². The number of hydrogen-bond donors (Lipinski definition) is 1. The molecule has 2 amide bonds. The number of aromatic nitrogens is 1. The Kier molecular flexibility index (Phi) is 4.37. The summed E-state index contributed by atoms with van der Waals surface area (Å²) in [5.41, 5.74) is 1.37. The van der Waals surface area contributed by atoms with E-state index in [0.29, 0.717) is 34.2 Å². The number of thiazole rings is 1. The van der Waals surface area contributed by atoms with Crippen molar-refractivity contribution >= 4 is 40.4 Å². The van der Waals surface area contributed by atoms with Crippen molar-refractivity contribution in [2.45, 2.75) is 26.3 Å². The van der Waals surface area contributed by atoms with Crippen LogP contribution in [-0.2, 0) is 4.79 Å². The molecule has 0 aliphatic carbocycles. The second-order valence-electron chi connectivity index (χ2n) is 5.40. The van der Waals surface area contributed by atoms with Gasteiger partial charge in [-0.1, -0.05) is 23.7 Å². The van der Waals surface area contributed by atoms with Crippen LogP contribution in [0.25, 0.3) is 0 Å². The number of benzene rings is 1. The molecule has 2 heterocycles. The normalized spacial score (nSPS) is 17.6. The van der Waals surface area contributed by atoms with Crippen LogP contribution in [0.5, 0.6) is 0 Å². The van der Waals surface area contributed by atoms with Crippen LogP contribution >= 0.6 is 22.9 Å². The second-order valence-corrected chi connectivity index (χ2v) is 7.01. The van der Waals surface area contributed by atoms with Crippen molar-refractivity contribution in [3.8, 4) is 0 Å². The van der Waals surface area contributed by atoms with Crippen LogP contribution in [0.2, 0.25) is 5.02 Å². The minimum atomic E-state index is -0.527. The third-order valence-electron chi connectivity index (χ3n) is 3.76. The number of rotatable bonds is 3. The predicted molar refractivity (Wildman–Crippen MR) is 91.3 cm³/mol. The Morgan fingerprint density at radius 1 is 1.39 bits per heavy atom. The minimum absolute atomic E-state index is 0.134. The van der Waals surface area contributed by atoms with Gasteiger partial charge in [0.2, 0.25) is 5.91 Å². The summed E-state index contributed by atoms with van der Waals surface area (Å²) in [7, 11) is 0. The number of anilines is 1. The monoisotopic (exact) mass is 349 g/mol. The van der Waals surface area contributed by atoms with Gasteiger partial charge in [0, 0.05) is 6.54 Å². The Hall–Kier alpha value is -1.92. The predicted octanol–water partition coefficient (Wildman–Crippen LogP) is 2.95. The number of nitrogens with one attached hydrogen (secondary N) is 1. The fraction of sp³-hybridized carbons (Fsp3) is 0.312. The molecule has 0 radical (unpaired) electrons. The standard InChI is InChI=1S/C16H16ClN3O2S/c1-9-14(23-10(2)18-9)15(21)19-12-7-8-20(16(12)22)13-6-4-3-5-11(13)17/h3-6,12H,7-8H2,1-2H3,(H,19,21)/t12-/m0/s1. The molecule has 1 aliphatic rings. The lowest BCUT2D eigenvalue weighted by Crippen LogP contribution is -2.41. The van der Waals surface area contributed by atoms with Crippen LogP contribution in [0.15, 0.2) is 24.3 Å². The van der Waals surface area contributed by atoms with Crippen LogP contribution in [0.4, 0.5) is 5.69 Å². The van der Waals surface area contributed by atoms with Gasteiger partial charge in [0.15, 0.2) is 0 Å². The first-order valence-electron chi connectivity index (χ1n) is 7.28. The molecule has 0 spiro atoms. The third kappa shape index (κ3) is 3.09. The zero-order valence-electron chi connectivity index (χ0n) is 12.8. The molecule has 1 aromatic heterocycles. The molecule has 120 valence electrons. The Morgan fingerprint density at radius 2 is 2.13 bits per heavy atom. The number of halogens is 1. The number of para-hydroxylation sites is 1. The highest BCUT2D eigenvalue weighted by Gasteiger charge is 2.35. The number of nitrogens with zero attached hydrogens (tertiary/aromatic N) is 2. The van der Waals surface area contributed by atoms with Gasteiger partial charge in [-0.05, 0) is 32.4 Å². The summed E-state index contributed by atoms with van der Waals surface area (Å²) in [6.45, 7) is 4.19. The maximum Gasteiger partial charge on any atom is 0.263 e. The van der Waals surface area contributed by atoms with Crippen molar-refractivity contribution in [3.05, 3.63) is 44.9 Å². The van der Waals surface area contributed by atoms with Gasteiger partial charge >= 0.3 is 0 Å². The summed E-state index contributed by atoms with van der Waals surface area (Å²) < 4.78 is 0. The first kappa shape index (κ1) is 16.0. The second kappa shape index (κ2) is 6.29. The highest BCUT2D eigenvalue weighted by Crippen LogP contribution is 2.29. The summed E-state index contributed by atoms with van der Waals surface area (Å²) in [5.74, 6) is -0.377. The molecule has 1 atom stereocenters. The molecule has 23 heavy (non-hydrogen) atoms. The summed E-state index contributed by atoms with van der Waals surface area (Å²) in [6, 6.07) is 6.69. The first-order valence-corrected chi connectivity index (χ1v) is 8.47. The lowest BCUT2D eigenvalue weighted by atomic mass is 10.2. The zero-order valence-corrected chi connectivity index (χ0v) is 14.4. The van der Waals surface area contributed by atoms with Gasteiger partial charge in [0.05, 0.1) is 21.4 Å². The molecular formula is C16H16ClN3O2S. The average Bonchev–Trinajstić information content (AvgIpc) is 3.03. The molecule has 7 heteroatoms. The summed E-state index contributed by atoms with van der Waals surface area (Å²) >= 11 is 7.49. The van der Waals surface area contributed by atoms with Crippen molar-refractivity contribution in [1.82, 2.24) is 10.3 Å². The molecule has 0 bridgehead atoms. The van der Waals surface area contributed by atoms with Crippen molar-refractivity contribution < 1.29 is 9.59 Å². The SMILES string of the molecule is Cc1nc(C)c(C(=O)N[C@H]2CCN(c3ccccc3Cl)C2=O)s1. The van der Waals surface area contributed by atoms with E-state index in [1.807, 2.05) is 19.1 Å². The first-order chi connectivity index (χ1) is 11.0. The summed E-state index contributed by atoms with van der Waals surface area (Å²) in [6.07, 6.45) is 0.562. The maximum atomic E-state index is 12.6. The van der Waals surface area contributed by atoms with Gasteiger partial charge in [0.25, 0.3) is 5.91 Å². The fourth-order valence-corrected chi connectivity index (χ4v) is 3.75. The van der Waals surface area contributed by atoms with Crippen molar-refractivity contribution in [2.24, 2.45) is 0 Å². The van der Waals surface area contributed by atoms with E-state index in [4.69, 9.17) is 11.6 Å². The van der Waals surface area contributed by atoms with Gasteiger partial charge in [-0.25, -0.2) is 4.98 Å². The highest BCUT2D eigenvalue weighted by molar-refractivity contribution is 7.13. The number of aryl methyl sites for hydroxylation is 2. The van der Waals surface area contributed by atoms with Crippen LogP contribution in [0.1, 0.15) is 26.8 Å². The molecule has 0 unspecified atom stereocenters. The molecule has 3 rings (SSSR count). The minimum Gasteiger partial charge on any atom is -0.339 e. The van der Waals surface area contributed by atoms with Crippen LogP contribution in [0, 0.1) is 13.8 Å². The third-order valence-corrected chi connectivity index (χ3v) is 5.16. The number of hydrogen-bond acceptors (Lipinski definition) is 4. The number of carbonyl (C=O) groups excluding carboxylic acids is 2. The molecule has 1 aliphatic heterocycles. The number of amides is 2. The average molecular weight is 350 g/mol. The highest BCUT2D eigenvalue weighted by atomic mass is 35.5. The quantitative estimate of drug-likeness (QED) is 0.926. The van der Waals surface area contributed by atoms with E-state index < -0.39 is 6.04 Å². The van der Waals surface area contributed by atoms with Crippen molar-refractivity contribution in [3.63, 3.8) is 0 Å². The Bertz CT molecular complexity index is 774. The van der Waals surface area contributed by atoms with Gasteiger partial charge in [-0.3, -0.25) is 9.59 Å². The van der Waals surface area contributed by atoms with Gasteiger partial charge in [-0.15, -0.1) is 11.3 Å². The Morgan fingerprint density at radius 3 is 2.78 bits per heavy atom. The molecule has 1 N–H and O–H groups in total. The molecule has 1 aromatic carbocycles. The smallest absolute Gasteiger partial charge is 0.263 e. The van der Waals surface area contributed by atoms with Gasteiger partial charge in [-0.2, -0.15) is 0 Å². The van der Waals surface area contributed by atoms with Crippen LogP contribution < -0.4 is 10.2 Å². The van der Waals surface area contributed by atoms with Crippen LogP contribution in [0.3, 0.4) is 0 Å².